The Hall–Kier alpha value is -0.860. The Balaban J connectivity index is 2.74. The highest BCUT2D eigenvalue weighted by Gasteiger charge is 2.14. The van der Waals surface area contributed by atoms with Crippen LogP contribution in [0.3, 0.4) is 0 Å². The van der Waals surface area contributed by atoms with Gasteiger partial charge in [0.25, 0.3) is 0 Å². The second-order valence-electron chi connectivity index (χ2n) is 4.78. The smallest absolute Gasteiger partial charge is 0.0276 e. The fraction of sp³-hybridized carbons (Fsp3) is 0.571. The predicted molar refractivity (Wildman–Crippen MR) is 70.2 cm³/mol. The molecule has 0 aromatic heterocycles. The molecule has 0 aliphatic heterocycles. The molecule has 0 amide bonds. The van der Waals surface area contributed by atoms with E-state index >= 15 is 0 Å². The van der Waals surface area contributed by atoms with Crippen molar-refractivity contribution in [2.45, 2.75) is 46.6 Å². The number of benzene rings is 1. The summed E-state index contributed by atoms with van der Waals surface area (Å²) >= 11 is 0. The Morgan fingerprint density at radius 3 is 2.44 bits per heavy atom. The summed E-state index contributed by atoms with van der Waals surface area (Å²) in [6, 6.07) is 7.03. The van der Waals surface area contributed by atoms with Crippen LogP contribution in [0.4, 0.5) is 0 Å². The average molecular weight is 220 g/mol. The topological polar surface area (TPSA) is 38.0 Å². The Morgan fingerprint density at radius 1 is 1.25 bits per heavy atom. The minimum atomic E-state index is 0.368. The summed E-state index contributed by atoms with van der Waals surface area (Å²) in [7, 11) is 0. The zero-order chi connectivity index (χ0) is 12.1. The fourth-order valence-electron chi connectivity index (χ4n) is 1.89. The Kier molecular flexibility index (Phi) is 4.97. The first-order chi connectivity index (χ1) is 7.58. The summed E-state index contributed by atoms with van der Waals surface area (Å²) in [6.45, 7) is 8.75. The van der Waals surface area contributed by atoms with E-state index in [1.165, 1.54) is 16.7 Å². The van der Waals surface area contributed by atoms with Gasteiger partial charge in [-0.3, -0.25) is 11.3 Å². The van der Waals surface area contributed by atoms with Crippen LogP contribution in [0.5, 0.6) is 0 Å². The van der Waals surface area contributed by atoms with Crippen LogP contribution in [0.1, 0.15) is 37.0 Å². The molecule has 2 nitrogen and oxygen atoms in total. The van der Waals surface area contributed by atoms with Gasteiger partial charge in [-0.15, -0.1) is 0 Å². The van der Waals surface area contributed by atoms with Gasteiger partial charge in [0.1, 0.15) is 0 Å². The summed E-state index contributed by atoms with van der Waals surface area (Å²) < 4.78 is 0. The minimum Gasteiger partial charge on any atom is -0.271 e. The van der Waals surface area contributed by atoms with Gasteiger partial charge in [0, 0.05) is 6.04 Å². The Labute approximate surface area is 99.2 Å². The maximum atomic E-state index is 5.62. The lowest BCUT2D eigenvalue weighted by Crippen LogP contribution is -2.41. The first-order valence-electron chi connectivity index (χ1n) is 6.10. The van der Waals surface area contributed by atoms with Crippen LogP contribution in [0.2, 0.25) is 0 Å². The summed E-state index contributed by atoms with van der Waals surface area (Å²) in [4.78, 5) is 0. The van der Waals surface area contributed by atoms with Crippen LogP contribution in [0.25, 0.3) is 0 Å². The van der Waals surface area contributed by atoms with Crippen molar-refractivity contribution in [2.75, 3.05) is 0 Å². The van der Waals surface area contributed by atoms with Gasteiger partial charge in [-0.2, -0.15) is 0 Å². The van der Waals surface area contributed by atoms with E-state index in [1.54, 1.807) is 0 Å². The molecule has 0 saturated carbocycles. The number of hydrazine groups is 1. The van der Waals surface area contributed by atoms with Crippen LogP contribution < -0.4 is 11.3 Å². The molecule has 0 bridgehead atoms. The average Bonchev–Trinajstić information content (AvgIpc) is 2.29. The van der Waals surface area contributed by atoms with Crippen LogP contribution in [-0.4, -0.2) is 6.04 Å². The van der Waals surface area contributed by atoms with Gasteiger partial charge in [0.2, 0.25) is 0 Å². The SMILES string of the molecule is CCC(C)C(Cc1ccc(C)c(C)c1)NN. The van der Waals surface area contributed by atoms with E-state index in [9.17, 15) is 0 Å². The van der Waals surface area contributed by atoms with Crippen molar-refractivity contribution in [3.05, 3.63) is 34.9 Å². The molecule has 90 valence electrons. The molecular weight excluding hydrogens is 196 g/mol. The van der Waals surface area contributed by atoms with Crippen LogP contribution in [-0.2, 0) is 6.42 Å². The highest BCUT2D eigenvalue weighted by Crippen LogP contribution is 2.15. The largest absolute Gasteiger partial charge is 0.271 e. The van der Waals surface area contributed by atoms with E-state index in [0.717, 1.165) is 12.8 Å². The van der Waals surface area contributed by atoms with E-state index < -0.39 is 0 Å². The molecule has 1 aromatic carbocycles. The summed E-state index contributed by atoms with van der Waals surface area (Å²) in [5.74, 6) is 6.22. The molecule has 1 aromatic rings. The van der Waals surface area contributed by atoms with Crippen molar-refractivity contribution in [3.63, 3.8) is 0 Å². The van der Waals surface area contributed by atoms with Crippen molar-refractivity contribution in [2.24, 2.45) is 11.8 Å². The first kappa shape index (κ1) is 13.2. The molecule has 0 aliphatic carbocycles. The van der Waals surface area contributed by atoms with Crippen LogP contribution in [0, 0.1) is 19.8 Å². The second-order valence-corrected chi connectivity index (χ2v) is 4.78. The summed E-state index contributed by atoms with van der Waals surface area (Å²) in [5, 5.41) is 0. The third-order valence-electron chi connectivity index (χ3n) is 3.57. The number of hydrogen-bond donors (Lipinski definition) is 2. The zero-order valence-electron chi connectivity index (χ0n) is 10.9. The molecule has 2 unspecified atom stereocenters. The molecule has 2 heteroatoms. The van der Waals surface area contributed by atoms with Crippen molar-refractivity contribution < 1.29 is 0 Å². The van der Waals surface area contributed by atoms with Crippen molar-refractivity contribution in [3.8, 4) is 0 Å². The molecule has 0 spiro atoms. The predicted octanol–water partition coefficient (Wildman–Crippen LogP) is 2.72. The van der Waals surface area contributed by atoms with E-state index in [-0.39, 0.29) is 0 Å². The van der Waals surface area contributed by atoms with Crippen molar-refractivity contribution >= 4 is 0 Å². The minimum absolute atomic E-state index is 0.368. The van der Waals surface area contributed by atoms with Gasteiger partial charge in [-0.1, -0.05) is 38.5 Å². The number of nitrogens with one attached hydrogen (secondary N) is 1. The van der Waals surface area contributed by atoms with E-state index in [2.05, 4.69) is 51.3 Å². The Bertz CT molecular complexity index is 334. The lowest BCUT2D eigenvalue weighted by molar-refractivity contribution is 0.370. The van der Waals surface area contributed by atoms with Crippen molar-refractivity contribution in [1.82, 2.24) is 5.43 Å². The number of aryl methyl sites for hydroxylation is 2. The normalized spacial score (nSPS) is 14.8. The monoisotopic (exact) mass is 220 g/mol. The first-order valence-corrected chi connectivity index (χ1v) is 6.10. The molecule has 2 atom stereocenters. The van der Waals surface area contributed by atoms with E-state index in [4.69, 9.17) is 5.84 Å². The van der Waals surface area contributed by atoms with Crippen molar-refractivity contribution in [1.29, 1.82) is 0 Å². The number of rotatable bonds is 5. The van der Waals surface area contributed by atoms with Gasteiger partial charge in [0.15, 0.2) is 0 Å². The Morgan fingerprint density at radius 2 is 1.94 bits per heavy atom. The van der Waals surface area contributed by atoms with Gasteiger partial charge in [-0.25, -0.2) is 0 Å². The quantitative estimate of drug-likeness (QED) is 0.591. The molecule has 16 heavy (non-hydrogen) atoms. The number of hydrogen-bond acceptors (Lipinski definition) is 2. The molecule has 0 heterocycles. The van der Waals surface area contributed by atoms with Gasteiger partial charge >= 0.3 is 0 Å². The lowest BCUT2D eigenvalue weighted by atomic mass is 9.92. The van der Waals surface area contributed by atoms with Gasteiger partial charge in [0.05, 0.1) is 0 Å². The highest BCUT2D eigenvalue weighted by atomic mass is 15.2. The second kappa shape index (κ2) is 6.02. The third-order valence-corrected chi connectivity index (χ3v) is 3.57. The standard InChI is InChI=1S/C14H24N2/c1-5-10(2)14(16-15)9-13-7-6-11(3)12(4)8-13/h6-8,10,14,16H,5,9,15H2,1-4H3. The fourth-order valence-corrected chi connectivity index (χ4v) is 1.89. The molecule has 1 rings (SSSR count). The molecule has 0 saturated heterocycles. The highest BCUT2D eigenvalue weighted by molar-refractivity contribution is 5.30. The van der Waals surface area contributed by atoms with E-state index in [1.807, 2.05) is 0 Å². The molecule has 0 aliphatic rings. The molecule has 0 fully saturated rings. The maximum absolute atomic E-state index is 5.62. The van der Waals surface area contributed by atoms with Crippen LogP contribution in [0.15, 0.2) is 18.2 Å². The molecule has 3 N–H and O–H groups in total. The molecule has 0 radical (unpaired) electrons. The lowest BCUT2D eigenvalue weighted by Gasteiger charge is -2.22. The van der Waals surface area contributed by atoms with Gasteiger partial charge in [-0.05, 0) is 42.9 Å². The zero-order valence-corrected chi connectivity index (χ0v) is 10.9. The van der Waals surface area contributed by atoms with Gasteiger partial charge < -0.3 is 0 Å². The summed E-state index contributed by atoms with van der Waals surface area (Å²) in [6.07, 6.45) is 2.16. The maximum Gasteiger partial charge on any atom is 0.0276 e. The third kappa shape index (κ3) is 3.32. The number of nitrogens with two attached hydrogens (primary N) is 1. The molecular formula is C14H24N2. The summed E-state index contributed by atoms with van der Waals surface area (Å²) in [5.41, 5.74) is 7.01. The van der Waals surface area contributed by atoms with Crippen LogP contribution >= 0.6 is 0 Å². The van der Waals surface area contributed by atoms with E-state index in [0.29, 0.717) is 12.0 Å².